The predicted molar refractivity (Wildman–Crippen MR) is 94.8 cm³/mol. The highest BCUT2D eigenvalue weighted by Crippen LogP contribution is 2.23. The molecule has 1 heterocycles. The maximum absolute atomic E-state index is 13.8. The van der Waals surface area contributed by atoms with E-state index in [1.165, 1.54) is 13.2 Å². The van der Waals surface area contributed by atoms with Crippen LogP contribution in [0.1, 0.15) is 17.0 Å². The summed E-state index contributed by atoms with van der Waals surface area (Å²) in [5.74, 6) is 1.33. The van der Waals surface area contributed by atoms with Gasteiger partial charge in [0.2, 0.25) is 5.89 Å². The number of hydrogen-bond donors (Lipinski definition) is 0. The molecule has 0 aliphatic carbocycles. The lowest BCUT2D eigenvalue weighted by Crippen LogP contribution is -2.18. The van der Waals surface area contributed by atoms with E-state index in [1.807, 2.05) is 50.4 Å². The zero-order chi connectivity index (χ0) is 17.8. The molecule has 0 N–H and O–H groups in total. The normalized spacial score (nSPS) is 11.1. The van der Waals surface area contributed by atoms with Crippen LogP contribution in [0.2, 0.25) is 0 Å². The molecule has 2 aromatic carbocycles. The first-order valence-electron chi connectivity index (χ1n) is 8.09. The fraction of sp³-hybridized carbons (Fsp3) is 0.250. The third-order valence-electron chi connectivity index (χ3n) is 4.00. The zero-order valence-electron chi connectivity index (χ0n) is 14.6. The number of aryl methyl sites for hydroxylation is 1. The Bertz CT molecular complexity index is 846. The Kier molecular flexibility index (Phi) is 5.14. The second-order valence-corrected chi connectivity index (χ2v) is 6.03. The molecule has 0 spiro atoms. The Labute approximate surface area is 146 Å². The number of rotatable bonds is 6. The summed E-state index contributed by atoms with van der Waals surface area (Å²) in [4.78, 5) is 6.67. The Hall–Kier alpha value is -2.66. The Morgan fingerprint density at radius 2 is 1.88 bits per heavy atom. The molecule has 0 saturated carbocycles. The lowest BCUT2D eigenvalue weighted by molar-refractivity contribution is 0.312. The molecule has 3 rings (SSSR count). The SMILES string of the molecule is COc1ccc(CN(C)Cc2nc(-c3ccccc3)oc2C)cc1F. The Morgan fingerprint density at radius 3 is 2.56 bits per heavy atom. The van der Waals surface area contributed by atoms with E-state index < -0.39 is 0 Å². The maximum atomic E-state index is 13.8. The van der Waals surface area contributed by atoms with Gasteiger partial charge in [-0.2, -0.15) is 0 Å². The molecule has 0 bridgehead atoms. The van der Waals surface area contributed by atoms with Crippen molar-refractivity contribution in [1.29, 1.82) is 0 Å². The van der Waals surface area contributed by atoms with E-state index in [0.29, 0.717) is 19.0 Å². The average Bonchev–Trinajstić information content (AvgIpc) is 2.96. The van der Waals surface area contributed by atoms with E-state index >= 15 is 0 Å². The maximum Gasteiger partial charge on any atom is 0.226 e. The molecule has 25 heavy (non-hydrogen) atoms. The van der Waals surface area contributed by atoms with Crippen molar-refractivity contribution in [2.75, 3.05) is 14.2 Å². The van der Waals surface area contributed by atoms with Gasteiger partial charge in [0, 0.05) is 18.7 Å². The number of halogens is 1. The van der Waals surface area contributed by atoms with E-state index in [2.05, 4.69) is 9.88 Å². The predicted octanol–water partition coefficient (Wildman–Crippen LogP) is 4.43. The first-order chi connectivity index (χ1) is 12.1. The third kappa shape index (κ3) is 4.06. The fourth-order valence-electron chi connectivity index (χ4n) is 2.71. The van der Waals surface area contributed by atoms with Gasteiger partial charge in [-0.1, -0.05) is 24.3 Å². The molecule has 0 aliphatic rings. The lowest BCUT2D eigenvalue weighted by atomic mass is 10.2. The van der Waals surface area contributed by atoms with Crippen molar-refractivity contribution in [3.63, 3.8) is 0 Å². The summed E-state index contributed by atoms with van der Waals surface area (Å²) in [5, 5.41) is 0. The van der Waals surface area contributed by atoms with E-state index in [-0.39, 0.29) is 11.6 Å². The second kappa shape index (κ2) is 7.49. The molecule has 0 fully saturated rings. The Balaban J connectivity index is 1.70. The van der Waals surface area contributed by atoms with Crippen molar-refractivity contribution in [1.82, 2.24) is 9.88 Å². The number of oxazole rings is 1. The van der Waals surface area contributed by atoms with Crippen molar-refractivity contribution >= 4 is 0 Å². The minimum atomic E-state index is -0.350. The summed E-state index contributed by atoms with van der Waals surface area (Å²) in [6.07, 6.45) is 0. The standard InChI is InChI=1S/C20H21FN2O2/c1-14-18(22-20(25-14)16-7-5-4-6-8-16)13-23(2)12-15-9-10-19(24-3)17(21)11-15/h4-11H,12-13H2,1-3H3. The number of aromatic nitrogens is 1. The summed E-state index contributed by atoms with van der Waals surface area (Å²) in [6.45, 7) is 3.14. The number of ether oxygens (including phenoxy) is 1. The topological polar surface area (TPSA) is 38.5 Å². The Morgan fingerprint density at radius 1 is 1.12 bits per heavy atom. The van der Waals surface area contributed by atoms with Crippen LogP contribution in [0.15, 0.2) is 52.9 Å². The van der Waals surface area contributed by atoms with Gasteiger partial charge < -0.3 is 9.15 Å². The molecule has 3 aromatic rings. The third-order valence-corrected chi connectivity index (χ3v) is 4.00. The smallest absolute Gasteiger partial charge is 0.226 e. The molecule has 4 nitrogen and oxygen atoms in total. The first-order valence-corrected chi connectivity index (χ1v) is 8.09. The van der Waals surface area contributed by atoms with Gasteiger partial charge in [-0.25, -0.2) is 9.37 Å². The van der Waals surface area contributed by atoms with Gasteiger partial charge in [-0.3, -0.25) is 4.90 Å². The van der Waals surface area contributed by atoms with Gasteiger partial charge in [0.1, 0.15) is 5.76 Å². The van der Waals surface area contributed by atoms with Crippen LogP contribution in [-0.2, 0) is 13.1 Å². The van der Waals surface area contributed by atoms with Crippen molar-refractivity contribution in [2.45, 2.75) is 20.0 Å². The minimum Gasteiger partial charge on any atom is -0.494 e. The van der Waals surface area contributed by atoms with Gasteiger partial charge in [0.15, 0.2) is 11.6 Å². The molecule has 0 aliphatic heterocycles. The number of methoxy groups -OCH3 is 1. The average molecular weight is 340 g/mol. The molecule has 0 atom stereocenters. The van der Waals surface area contributed by atoms with E-state index in [4.69, 9.17) is 9.15 Å². The van der Waals surface area contributed by atoms with Gasteiger partial charge in [0.25, 0.3) is 0 Å². The van der Waals surface area contributed by atoms with Gasteiger partial charge in [-0.15, -0.1) is 0 Å². The largest absolute Gasteiger partial charge is 0.494 e. The molecular formula is C20H21FN2O2. The number of benzene rings is 2. The highest BCUT2D eigenvalue weighted by molar-refractivity contribution is 5.53. The first kappa shape index (κ1) is 17.2. The monoisotopic (exact) mass is 340 g/mol. The van der Waals surface area contributed by atoms with Crippen LogP contribution in [0.25, 0.3) is 11.5 Å². The molecule has 130 valence electrons. The second-order valence-electron chi connectivity index (χ2n) is 6.03. The van der Waals surface area contributed by atoms with Crippen molar-refractivity contribution < 1.29 is 13.5 Å². The lowest BCUT2D eigenvalue weighted by Gasteiger charge is -2.16. The van der Waals surface area contributed by atoms with Gasteiger partial charge in [-0.05, 0) is 43.8 Å². The molecular weight excluding hydrogens is 319 g/mol. The van der Waals surface area contributed by atoms with Crippen LogP contribution in [0.5, 0.6) is 5.75 Å². The van der Waals surface area contributed by atoms with Crippen molar-refractivity contribution in [2.24, 2.45) is 0 Å². The number of nitrogens with zero attached hydrogens (tertiary/aromatic N) is 2. The molecule has 0 unspecified atom stereocenters. The van der Waals surface area contributed by atoms with E-state index in [1.54, 1.807) is 6.07 Å². The van der Waals surface area contributed by atoms with Crippen LogP contribution < -0.4 is 4.74 Å². The summed E-state index contributed by atoms with van der Waals surface area (Å²) in [5.41, 5.74) is 2.72. The summed E-state index contributed by atoms with van der Waals surface area (Å²) >= 11 is 0. The molecule has 0 saturated heterocycles. The minimum absolute atomic E-state index is 0.256. The summed E-state index contributed by atoms with van der Waals surface area (Å²) < 4.78 is 24.5. The molecule has 5 heteroatoms. The number of hydrogen-bond acceptors (Lipinski definition) is 4. The fourth-order valence-corrected chi connectivity index (χ4v) is 2.71. The van der Waals surface area contributed by atoms with Gasteiger partial charge >= 0.3 is 0 Å². The molecule has 0 amide bonds. The van der Waals surface area contributed by atoms with Crippen LogP contribution in [0, 0.1) is 12.7 Å². The summed E-state index contributed by atoms with van der Waals surface area (Å²) in [6, 6.07) is 14.8. The van der Waals surface area contributed by atoms with Crippen molar-refractivity contribution in [3.05, 3.63) is 71.4 Å². The molecule has 1 aromatic heterocycles. The van der Waals surface area contributed by atoms with E-state index in [9.17, 15) is 4.39 Å². The van der Waals surface area contributed by atoms with Crippen LogP contribution in [0.3, 0.4) is 0 Å². The van der Waals surface area contributed by atoms with Crippen LogP contribution in [-0.4, -0.2) is 24.0 Å². The highest BCUT2D eigenvalue weighted by atomic mass is 19.1. The van der Waals surface area contributed by atoms with Crippen molar-refractivity contribution in [3.8, 4) is 17.2 Å². The zero-order valence-corrected chi connectivity index (χ0v) is 14.6. The molecule has 0 radical (unpaired) electrons. The summed E-state index contributed by atoms with van der Waals surface area (Å²) in [7, 11) is 3.43. The van der Waals surface area contributed by atoms with Crippen LogP contribution in [0.4, 0.5) is 4.39 Å². The highest BCUT2D eigenvalue weighted by Gasteiger charge is 2.14. The van der Waals surface area contributed by atoms with Crippen LogP contribution >= 0.6 is 0 Å². The van der Waals surface area contributed by atoms with E-state index in [0.717, 1.165) is 22.6 Å². The quantitative estimate of drug-likeness (QED) is 0.665. The van der Waals surface area contributed by atoms with Gasteiger partial charge in [0.05, 0.1) is 12.8 Å².